The number of ether oxygens (including phenoxy) is 1. The molecule has 3 heterocycles. The van der Waals surface area contributed by atoms with Crippen LogP contribution in [0, 0.1) is 20.8 Å². The van der Waals surface area contributed by atoms with Gasteiger partial charge in [-0.05, 0) is 62.8 Å². The van der Waals surface area contributed by atoms with Crippen LogP contribution >= 0.6 is 0 Å². The van der Waals surface area contributed by atoms with Crippen LogP contribution in [0.15, 0.2) is 47.5 Å². The van der Waals surface area contributed by atoms with Crippen LogP contribution in [0.3, 0.4) is 0 Å². The van der Waals surface area contributed by atoms with Crippen LogP contribution in [0.2, 0.25) is 0 Å². The van der Waals surface area contributed by atoms with Gasteiger partial charge in [-0.1, -0.05) is 6.07 Å². The molecule has 35 heavy (non-hydrogen) atoms. The third kappa shape index (κ3) is 5.26. The van der Waals surface area contributed by atoms with E-state index in [4.69, 9.17) is 19.1 Å². The zero-order valence-corrected chi connectivity index (χ0v) is 19.2. The van der Waals surface area contributed by atoms with Crippen LogP contribution < -0.4 is 4.74 Å². The standard InChI is InChI=1S/C23H21N3O2.C2HF3O2/c1-13-10-17(6-7-18(13)21-14(2)25-12-26-15(21)3)28-23-22-19(16-4-5-16)11-27-20(22)8-9-24-23;3-2(4,5)1(6)7/h6-12,16H,4-5H2,1-3H3;(H,6,7). The van der Waals surface area contributed by atoms with Gasteiger partial charge >= 0.3 is 12.1 Å². The van der Waals surface area contributed by atoms with Crippen molar-refractivity contribution in [2.45, 2.75) is 45.7 Å². The smallest absolute Gasteiger partial charge is 0.475 e. The number of nitrogens with zero attached hydrogens (tertiary/aromatic N) is 3. The van der Waals surface area contributed by atoms with Gasteiger partial charge in [0.05, 0.1) is 11.6 Å². The van der Waals surface area contributed by atoms with Gasteiger partial charge in [0, 0.05) is 34.8 Å². The number of halogens is 3. The third-order valence-electron chi connectivity index (χ3n) is 5.65. The highest BCUT2D eigenvalue weighted by Crippen LogP contribution is 2.46. The van der Waals surface area contributed by atoms with E-state index in [0.29, 0.717) is 11.8 Å². The Balaban J connectivity index is 0.000000364. The van der Waals surface area contributed by atoms with Crippen LogP contribution in [-0.2, 0) is 4.79 Å². The van der Waals surface area contributed by atoms with Crippen molar-refractivity contribution < 1.29 is 32.2 Å². The van der Waals surface area contributed by atoms with Gasteiger partial charge in [0.2, 0.25) is 5.88 Å². The van der Waals surface area contributed by atoms with E-state index in [9.17, 15) is 13.2 Å². The Bertz CT molecular complexity index is 1370. The van der Waals surface area contributed by atoms with Gasteiger partial charge in [0.25, 0.3) is 0 Å². The predicted molar refractivity (Wildman–Crippen MR) is 121 cm³/mol. The van der Waals surface area contributed by atoms with Gasteiger partial charge in [-0.15, -0.1) is 0 Å². The molecule has 0 saturated heterocycles. The SMILES string of the molecule is Cc1cc(Oc2nccc3occ(C4CC4)c23)ccc1-c1c(C)ncnc1C.O=C(O)C(F)(F)F. The Morgan fingerprint density at radius 3 is 2.31 bits per heavy atom. The first-order valence-electron chi connectivity index (χ1n) is 10.8. The van der Waals surface area contributed by atoms with E-state index in [2.05, 4.69) is 27.9 Å². The van der Waals surface area contributed by atoms with Crippen molar-refractivity contribution in [3.05, 3.63) is 65.6 Å². The normalized spacial score (nSPS) is 13.3. The molecular weight excluding hydrogens is 463 g/mol. The zero-order chi connectivity index (χ0) is 25.3. The minimum atomic E-state index is -5.08. The summed E-state index contributed by atoms with van der Waals surface area (Å²) in [6, 6.07) is 7.98. The fraction of sp³-hybridized carbons (Fsp3) is 0.280. The molecule has 0 bridgehead atoms. The Hall–Kier alpha value is -3.95. The molecule has 0 atom stereocenters. The number of aromatic nitrogens is 3. The molecule has 4 aromatic rings. The summed E-state index contributed by atoms with van der Waals surface area (Å²) in [5.74, 6) is -0.819. The number of rotatable bonds is 4. The third-order valence-corrected chi connectivity index (χ3v) is 5.65. The number of carboxylic acid groups (broad SMARTS) is 1. The molecule has 0 aliphatic heterocycles. The molecule has 10 heteroatoms. The lowest BCUT2D eigenvalue weighted by molar-refractivity contribution is -0.192. The Morgan fingerprint density at radius 1 is 1.09 bits per heavy atom. The van der Waals surface area contributed by atoms with Crippen LogP contribution in [0.25, 0.3) is 22.1 Å². The summed E-state index contributed by atoms with van der Waals surface area (Å²) < 4.78 is 43.7. The summed E-state index contributed by atoms with van der Waals surface area (Å²) in [7, 11) is 0. The van der Waals surface area contributed by atoms with E-state index in [1.165, 1.54) is 18.4 Å². The summed E-state index contributed by atoms with van der Waals surface area (Å²) >= 11 is 0. The number of pyridine rings is 1. The quantitative estimate of drug-likeness (QED) is 0.352. The van der Waals surface area contributed by atoms with Gasteiger partial charge in [0.1, 0.15) is 17.7 Å². The number of aliphatic carboxylic acids is 1. The van der Waals surface area contributed by atoms with Crippen molar-refractivity contribution >= 4 is 16.9 Å². The first kappa shape index (κ1) is 24.2. The van der Waals surface area contributed by atoms with Gasteiger partial charge in [-0.3, -0.25) is 0 Å². The molecule has 5 rings (SSSR count). The van der Waals surface area contributed by atoms with Crippen molar-refractivity contribution in [2.75, 3.05) is 0 Å². The fourth-order valence-corrected chi connectivity index (χ4v) is 3.82. The second-order valence-electron chi connectivity index (χ2n) is 8.26. The van der Waals surface area contributed by atoms with E-state index in [1.807, 2.05) is 38.3 Å². The molecule has 0 spiro atoms. The van der Waals surface area contributed by atoms with Gasteiger partial charge in [-0.25, -0.2) is 19.7 Å². The highest BCUT2D eigenvalue weighted by Gasteiger charge is 2.38. The van der Waals surface area contributed by atoms with Gasteiger partial charge in [0.15, 0.2) is 0 Å². The molecule has 1 fully saturated rings. The van der Waals surface area contributed by atoms with Gasteiger partial charge in [-0.2, -0.15) is 13.2 Å². The number of carbonyl (C=O) groups is 1. The van der Waals surface area contributed by atoms with E-state index in [-0.39, 0.29) is 0 Å². The molecule has 0 unspecified atom stereocenters. The number of furan rings is 1. The van der Waals surface area contributed by atoms with Crippen molar-refractivity contribution in [2.24, 2.45) is 0 Å². The van der Waals surface area contributed by atoms with Crippen LogP contribution in [0.5, 0.6) is 11.6 Å². The van der Waals surface area contributed by atoms with E-state index >= 15 is 0 Å². The molecule has 0 radical (unpaired) electrons. The van der Waals surface area contributed by atoms with Crippen molar-refractivity contribution in [1.29, 1.82) is 0 Å². The van der Waals surface area contributed by atoms with Crippen LogP contribution in [0.1, 0.15) is 41.3 Å². The summed E-state index contributed by atoms with van der Waals surface area (Å²) in [6.07, 6.45) is 2.51. The lowest BCUT2D eigenvalue weighted by Crippen LogP contribution is -2.21. The average Bonchev–Trinajstić information content (AvgIpc) is 3.53. The molecule has 1 saturated carbocycles. The Kier molecular flexibility index (Phi) is 6.47. The molecule has 1 aromatic carbocycles. The summed E-state index contributed by atoms with van der Waals surface area (Å²) in [4.78, 5) is 22.1. The maximum Gasteiger partial charge on any atom is 0.490 e. The maximum atomic E-state index is 10.6. The highest BCUT2D eigenvalue weighted by molar-refractivity contribution is 5.87. The Labute approximate surface area is 198 Å². The van der Waals surface area contributed by atoms with Crippen molar-refractivity contribution in [1.82, 2.24) is 15.0 Å². The lowest BCUT2D eigenvalue weighted by Gasteiger charge is -2.13. The zero-order valence-electron chi connectivity index (χ0n) is 19.2. The molecule has 182 valence electrons. The molecule has 1 aliphatic rings. The molecule has 7 nitrogen and oxygen atoms in total. The second-order valence-corrected chi connectivity index (χ2v) is 8.26. The molecule has 1 N–H and O–H groups in total. The number of carboxylic acids is 1. The number of aryl methyl sites for hydroxylation is 3. The summed E-state index contributed by atoms with van der Waals surface area (Å²) in [6.45, 7) is 6.10. The topological polar surface area (TPSA) is 98.3 Å². The average molecular weight is 485 g/mol. The molecule has 3 aromatic heterocycles. The minimum absolute atomic E-state index is 0.570. The first-order valence-corrected chi connectivity index (χ1v) is 10.8. The van der Waals surface area contributed by atoms with Gasteiger partial charge < -0.3 is 14.3 Å². The number of hydrogen-bond acceptors (Lipinski definition) is 6. The molecule has 0 amide bonds. The summed E-state index contributed by atoms with van der Waals surface area (Å²) in [5, 5.41) is 8.12. The van der Waals surface area contributed by atoms with E-state index < -0.39 is 12.1 Å². The monoisotopic (exact) mass is 485 g/mol. The lowest BCUT2D eigenvalue weighted by atomic mass is 9.98. The number of benzene rings is 1. The second kappa shape index (κ2) is 9.36. The maximum absolute atomic E-state index is 10.6. The van der Waals surface area contributed by atoms with Crippen LogP contribution in [-0.4, -0.2) is 32.2 Å². The van der Waals surface area contributed by atoms with Crippen LogP contribution in [0.4, 0.5) is 13.2 Å². The number of alkyl halides is 3. The fourth-order valence-electron chi connectivity index (χ4n) is 3.82. The van der Waals surface area contributed by atoms with E-state index in [1.54, 1.807) is 12.5 Å². The summed E-state index contributed by atoms with van der Waals surface area (Å²) in [5.41, 5.74) is 7.30. The highest BCUT2D eigenvalue weighted by atomic mass is 19.4. The Morgan fingerprint density at radius 2 is 1.74 bits per heavy atom. The predicted octanol–water partition coefficient (Wildman–Crippen LogP) is 6.51. The van der Waals surface area contributed by atoms with Crippen molar-refractivity contribution in [3.8, 4) is 22.8 Å². The number of hydrogen-bond donors (Lipinski definition) is 1. The van der Waals surface area contributed by atoms with Crippen molar-refractivity contribution in [3.63, 3.8) is 0 Å². The largest absolute Gasteiger partial charge is 0.490 e. The minimum Gasteiger partial charge on any atom is -0.475 e. The number of fused-ring (bicyclic) bond motifs is 1. The first-order chi connectivity index (χ1) is 16.6. The molecule has 1 aliphatic carbocycles. The molecular formula is C25H22F3N3O4. The van der Waals surface area contributed by atoms with E-state index in [0.717, 1.165) is 44.8 Å².